The second-order valence-corrected chi connectivity index (χ2v) is 11.5. The second kappa shape index (κ2) is 8.60. The van der Waals surface area contributed by atoms with Crippen LogP contribution in [0.15, 0.2) is 0 Å². The van der Waals surface area contributed by atoms with Crippen LogP contribution < -0.4 is 0 Å². The Hall–Kier alpha value is 0.710. The summed E-state index contributed by atoms with van der Waals surface area (Å²) >= 11 is 0. The predicted octanol–water partition coefficient (Wildman–Crippen LogP) is 1.50. The van der Waals surface area contributed by atoms with E-state index in [1.807, 2.05) is 0 Å². The van der Waals surface area contributed by atoms with E-state index in [0.717, 1.165) is 14.2 Å². The van der Waals surface area contributed by atoms with Gasteiger partial charge in [0.1, 0.15) is 0 Å². The third kappa shape index (κ3) is 9.42. The van der Waals surface area contributed by atoms with E-state index in [0.29, 0.717) is 7.11 Å². The number of rotatable bonds is 11. The van der Waals surface area contributed by atoms with E-state index in [4.69, 9.17) is 14.7 Å². The van der Waals surface area contributed by atoms with Gasteiger partial charge in [-0.15, -0.1) is 0 Å². The number of phosphoric ester groups is 1. The van der Waals surface area contributed by atoms with Gasteiger partial charge >= 0.3 is 39.1 Å². The van der Waals surface area contributed by atoms with Gasteiger partial charge < -0.3 is 19.6 Å². The normalized spacial score (nSPS) is 20.8. The molecular weight excluding hydrogens is 447 g/mol. The highest BCUT2D eigenvalue weighted by Gasteiger charge is 2.48. The third-order valence-corrected chi connectivity index (χ3v) is 9.38. The smallest absolute Gasteiger partial charge is 0.302 e. The van der Waals surface area contributed by atoms with E-state index in [-0.39, 0.29) is 0 Å². The van der Waals surface area contributed by atoms with E-state index in [1.54, 1.807) is 0 Å². The van der Waals surface area contributed by atoms with Crippen molar-refractivity contribution < 1.29 is 73.2 Å². The molecular formula is C3H13O16P5. The van der Waals surface area contributed by atoms with Gasteiger partial charge in [0, 0.05) is 21.3 Å². The maximum absolute atomic E-state index is 11.9. The molecule has 16 nitrogen and oxygen atoms in total. The topological polar surface area (TPSA) is 231 Å². The summed E-state index contributed by atoms with van der Waals surface area (Å²) in [6.07, 6.45) is 0. The molecule has 0 aromatic heterocycles. The Kier molecular flexibility index (Phi) is 8.85. The Morgan fingerprint density at radius 3 is 1.25 bits per heavy atom. The van der Waals surface area contributed by atoms with Crippen molar-refractivity contribution in [2.24, 2.45) is 0 Å². The fraction of sp³-hybridized carbons (Fsp3) is 1.00. The average Bonchev–Trinajstić information content (AvgIpc) is 2.33. The summed E-state index contributed by atoms with van der Waals surface area (Å²) in [6.45, 7) is 0. The van der Waals surface area contributed by atoms with Gasteiger partial charge in [-0.3, -0.25) is 13.6 Å². The zero-order chi connectivity index (χ0) is 19.4. The van der Waals surface area contributed by atoms with Crippen LogP contribution >= 0.6 is 39.1 Å². The third-order valence-electron chi connectivity index (χ3n) is 1.49. The zero-order valence-corrected chi connectivity index (χ0v) is 16.4. The van der Waals surface area contributed by atoms with Crippen molar-refractivity contribution in [2.75, 3.05) is 21.3 Å². The van der Waals surface area contributed by atoms with Crippen LogP contribution in [0.25, 0.3) is 0 Å². The first-order valence-corrected chi connectivity index (χ1v) is 12.4. The molecule has 4 N–H and O–H groups in total. The molecule has 0 aliphatic rings. The van der Waals surface area contributed by atoms with Crippen LogP contribution in [0.5, 0.6) is 0 Å². The molecule has 0 aliphatic carbocycles. The highest BCUT2D eigenvalue weighted by molar-refractivity contribution is 7.71. The van der Waals surface area contributed by atoms with Crippen molar-refractivity contribution in [3.63, 3.8) is 0 Å². The van der Waals surface area contributed by atoms with Crippen molar-refractivity contribution >= 4 is 39.1 Å². The molecule has 0 radical (unpaired) electrons. The molecule has 3 atom stereocenters. The van der Waals surface area contributed by atoms with E-state index in [2.05, 4.69) is 30.8 Å². The van der Waals surface area contributed by atoms with Crippen LogP contribution in [0.3, 0.4) is 0 Å². The van der Waals surface area contributed by atoms with Crippen LogP contribution in [0, 0.1) is 0 Å². The van der Waals surface area contributed by atoms with Crippen molar-refractivity contribution in [3.05, 3.63) is 0 Å². The zero-order valence-electron chi connectivity index (χ0n) is 11.9. The predicted molar refractivity (Wildman–Crippen MR) is 72.3 cm³/mol. The molecule has 146 valence electrons. The summed E-state index contributed by atoms with van der Waals surface area (Å²) in [5.41, 5.74) is 0. The lowest BCUT2D eigenvalue weighted by Gasteiger charge is -2.21. The summed E-state index contributed by atoms with van der Waals surface area (Å²) < 4.78 is 83.8. The maximum atomic E-state index is 11.9. The highest BCUT2D eigenvalue weighted by atomic mass is 31.3. The molecule has 0 saturated heterocycles. The van der Waals surface area contributed by atoms with E-state index in [1.165, 1.54) is 0 Å². The number of hydrogen-bond acceptors (Lipinski definition) is 12. The van der Waals surface area contributed by atoms with E-state index < -0.39 is 39.1 Å². The molecule has 0 rings (SSSR count). The van der Waals surface area contributed by atoms with Crippen LogP contribution in [0.4, 0.5) is 0 Å². The monoisotopic (exact) mass is 460 g/mol. The summed E-state index contributed by atoms with van der Waals surface area (Å²) in [6, 6.07) is 0. The van der Waals surface area contributed by atoms with Crippen molar-refractivity contribution in [3.8, 4) is 0 Å². The molecule has 0 heterocycles. The number of hydrogen-bond donors (Lipinski definition) is 4. The molecule has 0 saturated carbocycles. The SMILES string of the molecule is COP(=O)(OC)OP(=O)(OC)OP(=O)(O)OP(=O)(O)OP(=O)(O)O. The maximum Gasteiger partial charge on any atom is 0.492 e. The first-order chi connectivity index (χ1) is 10.5. The van der Waals surface area contributed by atoms with Crippen molar-refractivity contribution in [1.29, 1.82) is 0 Å². The van der Waals surface area contributed by atoms with Crippen molar-refractivity contribution in [1.82, 2.24) is 0 Å². The fourth-order valence-electron chi connectivity index (χ4n) is 0.766. The Morgan fingerprint density at radius 2 is 0.917 bits per heavy atom. The summed E-state index contributed by atoms with van der Waals surface area (Å²) in [4.78, 5) is 34.8. The summed E-state index contributed by atoms with van der Waals surface area (Å²) in [5.74, 6) is 0. The molecule has 0 aromatic carbocycles. The minimum absolute atomic E-state index is 0.584. The van der Waals surface area contributed by atoms with Crippen LogP contribution in [-0.2, 0) is 53.6 Å². The largest absolute Gasteiger partial charge is 0.492 e. The minimum Gasteiger partial charge on any atom is -0.302 e. The molecule has 24 heavy (non-hydrogen) atoms. The van der Waals surface area contributed by atoms with Gasteiger partial charge in [0.2, 0.25) is 0 Å². The molecule has 0 aliphatic heterocycles. The van der Waals surface area contributed by atoms with Gasteiger partial charge in [-0.05, 0) is 0 Å². The van der Waals surface area contributed by atoms with Crippen molar-refractivity contribution in [2.45, 2.75) is 0 Å². The average molecular weight is 460 g/mol. The molecule has 21 heteroatoms. The quantitative estimate of drug-likeness (QED) is 0.320. The lowest BCUT2D eigenvalue weighted by molar-refractivity contribution is 0.160. The lowest BCUT2D eigenvalue weighted by atomic mass is 11.8. The summed E-state index contributed by atoms with van der Waals surface area (Å²) in [5, 5.41) is 0. The number of phosphoric acid groups is 5. The van der Waals surface area contributed by atoms with E-state index >= 15 is 0 Å². The Labute approximate surface area is 134 Å². The molecule has 0 fully saturated rings. The molecule has 0 spiro atoms. The van der Waals surface area contributed by atoms with Gasteiger partial charge in [0.25, 0.3) is 0 Å². The molecule has 0 aromatic rings. The Morgan fingerprint density at radius 1 is 0.542 bits per heavy atom. The fourth-order valence-corrected chi connectivity index (χ4v) is 7.25. The standard InChI is InChI=1S/C3H13O16P5/c1-13-23(11,14-2)19-24(12,15-3)18-22(9,10)17-21(7,8)16-20(4,5)6/h1-3H3,(H,7,8)(H,9,10)(H2,4,5,6). The van der Waals surface area contributed by atoms with Gasteiger partial charge in [0.05, 0.1) is 0 Å². The van der Waals surface area contributed by atoms with Crippen LogP contribution in [0.1, 0.15) is 0 Å². The highest BCUT2D eigenvalue weighted by Crippen LogP contribution is 2.75. The van der Waals surface area contributed by atoms with Gasteiger partial charge in [-0.1, -0.05) is 0 Å². The van der Waals surface area contributed by atoms with Gasteiger partial charge in [-0.25, -0.2) is 22.8 Å². The molecule has 3 unspecified atom stereocenters. The van der Waals surface area contributed by atoms with Gasteiger partial charge in [0.15, 0.2) is 0 Å². The summed E-state index contributed by atoms with van der Waals surface area (Å²) in [7, 11) is -25.0. The second-order valence-electron chi connectivity index (χ2n) is 3.20. The Bertz CT molecular complexity index is 651. The Balaban J connectivity index is 5.34. The molecule has 0 bridgehead atoms. The first-order valence-electron chi connectivity index (χ1n) is 4.95. The van der Waals surface area contributed by atoms with E-state index in [9.17, 15) is 27.7 Å². The minimum atomic E-state index is -5.87. The van der Waals surface area contributed by atoms with Crippen LogP contribution in [0.2, 0.25) is 0 Å². The lowest BCUT2D eigenvalue weighted by Crippen LogP contribution is -2.00. The van der Waals surface area contributed by atoms with Crippen LogP contribution in [-0.4, -0.2) is 40.9 Å². The first kappa shape index (κ1) is 24.7. The van der Waals surface area contributed by atoms with Gasteiger partial charge in [-0.2, -0.15) is 17.2 Å². The molecule has 0 amide bonds.